The van der Waals surface area contributed by atoms with Crippen molar-refractivity contribution in [3.8, 4) is 0 Å². The first kappa shape index (κ1) is 18.7. The van der Waals surface area contributed by atoms with Crippen LogP contribution in [0.1, 0.15) is 23.4 Å². The molecule has 0 bridgehead atoms. The van der Waals surface area contributed by atoms with E-state index in [1.54, 1.807) is 14.0 Å². The van der Waals surface area contributed by atoms with Gasteiger partial charge < -0.3 is 15.0 Å². The first-order valence-electron chi connectivity index (χ1n) is 8.18. The van der Waals surface area contributed by atoms with Crippen LogP contribution in [0.5, 0.6) is 0 Å². The lowest BCUT2D eigenvalue weighted by atomic mass is 10.0. The Bertz CT molecular complexity index is 847. The number of ether oxygens (including phenoxy) is 1. The zero-order chi connectivity index (χ0) is 18.7. The van der Waals surface area contributed by atoms with Gasteiger partial charge in [0.15, 0.2) is 0 Å². The van der Waals surface area contributed by atoms with Gasteiger partial charge in [0.05, 0.1) is 22.0 Å². The van der Waals surface area contributed by atoms with Gasteiger partial charge in [-0.15, -0.1) is 11.3 Å². The molecule has 0 spiro atoms. The van der Waals surface area contributed by atoms with Gasteiger partial charge in [0, 0.05) is 24.0 Å². The zero-order valence-electron chi connectivity index (χ0n) is 14.5. The maximum absolute atomic E-state index is 12.8. The second-order valence-electron chi connectivity index (χ2n) is 5.95. The number of hydrogen-bond acceptors (Lipinski definition) is 4. The molecule has 1 aliphatic heterocycles. The van der Waals surface area contributed by atoms with E-state index >= 15 is 0 Å². The molecule has 1 N–H and O–H groups in total. The Kier molecular flexibility index (Phi) is 5.78. The van der Waals surface area contributed by atoms with Crippen LogP contribution < -0.4 is 5.32 Å². The van der Waals surface area contributed by atoms with Gasteiger partial charge in [-0.3, -0.25) is 0 Å². The summed E-state index contributed by atoms with van der Waals surface area (Å²) in [5, 5.41) is 2.88. The summed E-state index contributed by atoms with van der Waals surface area (Å²) in [6.07, 6.45) is 0.649. The number of carbonyl (C=O) groups excluding carboxylic acids is 2. The van der Waals surface area contributed by atoms with Crippen LogP contribution in [0.4, 0.5) is 4.79 Å². The number of carbonyl (C=O) groups is 2. The smallest absolute Gasteiger partial charge is 0.338 e. The number of amides is 2. The largest absolute Gasteiger partial charge is 0.462 e. The highest BCUT2D eigenvalue weighted by molar-refractivity contribution is 9.11. The lowest BCUT2D eigenvalue weighted by Crippen LogP contribution is -2.46. The molecule has 7 heteroatoms. The molecule has 26 heavy (non-hydrogen) atoms. The third kappa shape index (κ3) is 3.99. The zero-order valence-corrected chi connectivity index (χ0v) is 16.9. The molecule has 1 aromatic heterocycles. The molecule has 1 atom stereocenters. The summed E-state index contributed by atoms with van der Waals surface area (Å²) < 4.78 is 6.46. The number of thiophene rings is 1. The lowest BCUT2D eigenvalue weighted by Gasteiger charge is -2.32. The van der Waals surface area contributed by atoms with Crippen LogP contribution >= 0.6 is 27.3 Å². The van der Waals surface area contributed by atoms with Crippen LogP contribution in [0, 0.1) is 0 Å². The minimum Gasteiger partial charge on any atom is -0.462 e. The van der Waals surface area contributed by atoms with Gasteiger partial charge in [0.25, 0.3) is 0 Å². The van der Waals surface area contributed by atoms with Crippen LogP contribution in [0.15, 0.2) is 57.5 Å². The molecule has 1 aromatic carbocycles. The van der Waals surface area contributed by atoms with Gasteiger partial charge in [0.2, 0.25) is 0 Å². The van der Waals surface area contributed by atoms with Crippen LogP contribution in [0.2, 0.25) is 0 Å². The second-order valence-corrected chi connectivity index (χ2v) is 8.45. The van der Waals surface area contributed by atoms with Crippen LogP contribution in [-0.4, -0.2) is 30.6 Å². The molecule has 5 nitrogen and oxygen atoms in total. The molecule has 1 unspecified atom stereocenters. The van der Waals surface area contributed by atoms with Gasteiger partial charge in [-0.2, -0.15) is 0 Å². The van der Waals surface area contributed by atoms with Crippen molar-refractivity contribution in [3.63, 3.8) is 0 Å². The van der Waals surface area contributed by atoms with E-state index in [-0.39, 0.29) is 12.6 Å². The fourth-order valence-corrected chi connectivity index (χ4v) is 4.27. The third-order valence-corrected chi connectivity index (χ3v) is 6.01. The Morgan fingerprint density at radius 2 is 2.00 bits per heavy atom. The first-order valence-corrected chi connectivity index (χ1v) is 9.79. The molecule has 2 heterocycles. The van der Waals surface area contributed by atoms with E-state index in [2.05, 4.69) is 21.2 Å². The van der Waals surface area contributed by atoms with Crippen LogP contribution in [0.25, 0.3) is 0 Å². The molecule has 3 rings (SSSR count). The summed E-state index contributed by atoms with van der Waals surface area (Å²) in [6, 6.07) is 12.9. The Balaban J connectivity index is 1.78. The highest BCUT2D eigenvalue weighted by Crippen LogP contribution is 2.35. The number of allylic oxidation sites excluding steroid dienone is 1. The van der Waals surface area contributed by atoms with Crippen molar-refractivity contribution >= 4 is 39.3 Å². The van der Waals surface area contributed by atoms with E-state index in [1.807, 2.05) is 42.5 Å². The molecule has 1 aliphatic rings. The highest BCUT2D eigenvalue weighted by atomic mass is 79.9. The van der Waals surface area contributed by atoms with E-state index < -0.39 is 12.0 Å². The number of benzene rings is 1. The molecule has 136 valence electrons. The summed E-state index contributed by atoms with van der Waals surface area (Å²) in [7, 11) is 1.64. The van der Waals surface area contributed by atoms with Gasteiger partial charge in [-0.25, -0.2) is 9.59 Å². The van der Waals surface area contributed by atoms with Crippen molar-refractivity contribution in [3.05, 3.63) is 68.0 Å². The average molecular weight is 435 g/mol. The average Bonchev–Trinajstić information content (AvgIpc) is 3.06. The maximum atomic E-state index is 12.8. The summed E-state index contributed by atoms with van der Waals surface area (Å²) in [5.41, 5.74) is 2.18. The Morgan fingerprint density at radius 3 is 2.65 bits per heavy atom. The molecule has 0 saturated carbocycles. The number of esters is 1. The normalized spacial score (nSPS) is 17.3. The Hall–Kier alpha value is -2.12. The Labute approximate surface area is 164 Å². The van der Waals surface area contributed by atoms with E-state index in [1.165, 1.54) is 16.2 Å². The second kappa shape index (κ2) is 8.05. The fourth-order valence-electron chi connectivity index (χ4n) is 2.78. The van der Waals surface area contributed by atoms with Crippen molar-refractivity contribution in [2.45, 2.75) is 19.4 Å². The number of nitrogens with one attached hydrogen (secondary N) is 1. The maximum Gasteiger partial charge on any atom is 0.338 e. The van der Waals surface area contributed by atoms with Gasteiger partial charge in [0.1, 0.15) is 0 Å². The van der Waals surface area contributed by atoms with Crippen LogP contribution in [-0.2, 0) is 16.0 Å². The molecule has 0 saturated heterocycles. The molecule has 2 aromatic rings. The molecule has 2 amide bonds. The van der Waals surface area contributed by atoms with E-state index in [4.69, 9.17) is 4.74 Å². The van der Waals surface area contributed by atoms with Crippen molar-refractivity contribution < 1.29 is 14.3 Å². The molecule has 0 radical (unpaired) electrons. The number of rotatable bonds is 5. The lowest BCUT2D eigenvalue weighted by molar-refractivity contribution is -0.139. The van der Waals surface area contributed by atoms with Gasteiger partial charge in [-0.05, 0) is 40.5 Å². The van der Waals surface area contributed by atoms with Crippen LogP contribution in [0.3, 0.4) is 0 Å². The predicted octanol–water partition coefficient (Wildman–Crippen LogP) is 4.27. The highest BCUT2D eigenvalue weighted by Gasteiger charge is 2.35. The first-order chi connectivity index (χ1) is 12.5. The summed E-state index contributed by atoms with van der Waals surface area (Å²) >= 11 is 4.91. The molecular weight excluding hydrogens is 416 g/mol. The molecule has 0 aliphatic carbocycles. The third-order valence-electron chi connectivity index (χ3n) is 4.32. The molecule has 0 fully saturated rings. The number of halogens is 1. The van der Waals surface area contributed by atoms with E-state index in [0.717, 1.165) is 14.2 Å². The Morgan fingerprint density at radius 1 is 1.27 bits per heavy atom. The quantitative estimate of drug-likeness (QED) is 0.714. The minimum atomic E-state index is -0.501. The SMILES string of the molecule is CC1=C(C(=O)OCCc2ccccc2)C(c2ccc(Br)s2)NC(=O)N1C. The van der Waals surface area contributed by atoms with E-state index in [0.29, 0.717) is 17.7 Å². The number of urea groups is 1. The minimum absolute atomic E-state index is 0.238. The predicted molar refractivity (Wildman–Crippen MR) is 105 cm³/mol. The monoisotopic (exact) mass is 434 g/mol. The topological polar surface area (TPSA) is 58.6 Å². The summed E-state index contributed by atoms with van der Waals surface area (Å²) in [6.45, 7) is 2.06. The van der Waals surface area contributed by atoms with Crippen molar-refractivity contribution in [1.29, 1.82) is 0 Å². The van der Waals surface area contributed by atoms with Crippen molar-refractivity contribution in [2.75, 3.05) is 13.7 Å². The summed E-state index contributed by atoms with van der Waals surface area (Å²) in [5.74, 6) is -0.403. The number of hydrogen-bond donors (Lipinski definition) is 1. The standard InChI is InChI=1S/C19H19BrN2O3S/c1-12-16(18(23)25-11-10-13-6-4-3-5-7-13)17(21-19(24)22(12)2)14-8-9-15(20)26-14/h3-9,17H,10-11H2,1-2H3,(H,21,24). The summed E-state index contributed by atoms with van der Waals surface area (Å²) in [4.78, 5) is 27.3. The van der Waals surface area contributed by atoms with Crippen molar-refractivity contribution in [1.82, 2.24) is 10.2 Å². The van der Waals surface area contributed by atoms with Crippen molar-refractivity contribution in [2.24, 2.45) is 0 Å². The fraction of sp³-hybridized carbons (Fsp3) is 0.263. The number of nitrogens with zero attached hydrogens (tertiary/aromatic N) is 1. The van der Waals surface area contributed by atoms with E-state index in [9.17, 15) is 9.59 Å². The molecular formula is C19H19BrN2O3S. The van der Waals surface area contributed by atoms with Gasteiger partial charge in [-0.1, -0.05) is 30.3 Å². The van der Waals surface area contributed by atoms with Gasteiger partial charge >= 0.3 is 12.0 Å².